The molecule has 0 aliphatic heterocycles. The van der Waals surface area contributed by atoms with Gasteiger partial charge in [0, 0.05) is 12.2 Å². The second-order valence-corrected chi connectivity index (χ2v) is 3.39. The molecule has 1 aromatic rings. The number of aromatic carboxylic acids is 1. The minimum atomic E-state index is -4.60. The third-order valence-corrected chi connectivity index (χ3v) is 2.15. The summed E-state index contributed by atoms with van der Waals surface area (Å²) in [7, 11) is 0. The number of hydrogen-bond donors (Lipinski definition) is 1. The van der Waals surface area contributed by atoms with Crippen molar-refractivity contribution < 1.29 is 23.1 Å². The summed E-state index contributed by atoms with van der Waals surface area (Å²) in [6.45, 7) is 0. The van der Waals surface area contributed by atoms with Gasteiger partial charge in [0.1, 0.15) is 0 Å². The number of rotatable bonds is 2. The van der Waals surface area contributed by atoms with Crippen LogP contribution in [0.4, 0.5) is 13.2 Å². The number of aromatic nitrogens is 2. The molecule has 1 aromatic heterocycles. The third kappa shape index (κ3) is 1.81. The van der Waals surface area contributed by atoms with Crippen LogP contribution in [0.3, 0.4) is 0 Å². The lowest BCUT2D eigenvalue weighted by Crippen LogP contribution is -2.13. The zero-order chi connectivity index (χ0) is 11.2. The van der Waals surface area contributed by atoms with Gasteiger partial charge < -0.3 is 9.67 Å². The molecular formula is C8H7F3N2O2. The Morgan fingerprint density at radius 2 is 2.13 bits per heavy atom. The average Bonchev–Trinajstić information content (AvgIpc) is 2.81. The Bertz CT molecular complexity index is 407. The van der Waals surface area contributed by atoms with Crippen LogP contribution in [0.15, 0.2) is 6.20 Å². The van der Waals surface area contributed by atoms with Gasteiger partial charge in [0.2, 0.25) is 5.82 Å². The molecule has 1 N–H and O–H groups in total. The molecule has 0 bridgehead atoms. The summed E-state index contributed by atoms with van der Waals surface area (Å²) >= 11 is 0. The van der Waals surface area contributed by atoms with Crippen LogP contribution in [0, 0.1) is 0 Å². The maximum atomic E-state index is 12.4. The highest BCUT2D eigenvalue weighted by atomic mass is 19.4. The van der Waals surface area contributed by atoms with Gasteiger partial charge in [-0.15, -0.1) is 0 Å². The molecule has 1 saturated carbocycles. The van der Waals surface area contributed by atoms with Crippen LogP contribution in [0.2, 0.25) is 0 Å². The molecule has 7 heteroatoms. The van der Waals surface area contributed by atoms with Crippen molar-refractivity contribution in [3.8, 4) is 0 Å². The van der Waals surface area contributed by atoms with E-state index in [0.29, 0.717) is 12.8 Å². The molecule has 1 aliphatic rings. The van der Waals surface area contributed by atoms with E-state index in [1.165, 1.54) is 0 Å². The van der Waals surface area contributed by atoms with Crippen LogP contribution in [-0.4, -0.2) is 20.6 Å². The molecule has 1 aliphatic carbocycles. The smallest absolute Gasteiger partial charge is 0.449 e. The van der Waals surface area contributed by atoms with Gasteiger partial charge in [0.05, 0.1) is 0 Å². The molecule has 0 unspecified atom stereocenters. The van der Waals surface area contributed by atoms with Crippen LogP contribution in [0.5, 0.6) is 0 Å². The fourth-order valence-electron chi connectivity index (χ4n) is 1.34. The Hall–Kier alpha value is -1.53. The van der Waals surface area contributed by atoms with Gasteiger partial charge in [-0.1, -0.05) is 0 Å². The summed E-state index contributed by atoms with van der Waals surface area (Å²) in [5, 5.41) is 8.55. The van der Waals surface area contributed by atoms with E-state index >= 15 is 0 Å². The van der Waals surface area contributed by atoms with Crippen molar-refractivity contribution in [2.45, 2.75) is 25.1 Å². The van der Waals surface area contributed by atoms with Gasteiger partial charge in [-0.2, -0.15) is 13.2 Å². The zero-order valence-corrected chi connectivity index (χ0v) is 7.45. The summed E-state index contributed by atoms with van der Waals surface area (Å²) in [6, 6.07) is -0.248. The number of hydrogen-bond acceptors (Lipinski definition) is 2. The van der Waals surface area contributed by atoms with Crippen LogP contribution in [0.25, 0.3) is 0 Å². The summed E-state index contributed by atoms with van der Waals surface area (Å²) in [4.78, 5) is 13.6. The Balaban J connectivity index is 2.46. The lowest BCUT2D eigenvalue weighted by Gasteiger charge is -2.07. The largest absolute Gasteiger partial charge is 0.476 e. The van der Waals surface area contributed by atoms with Crippen LogP contribution < -0.4 is 0 Å². The number of carbonyl (C=O) groups is 1. The van der Waals surface area contributed by atoms with E-state index in [-0.39, 0.29) is 6.04 Å². The van der Waals surface area contributed by atoms with Gasteiger partial charge in [-0.25, -0.2) is 9.78 Å². The fraction of sp³-hybridized carbons (Fsp3) is 0.500. The van der Waals surface area contributed by atoms with Gasteiger partial charge >= 0.3 is 12.1 Å². The summed E-state index contributed by atoms with van der Waals surface area (Å²) in [6.07, 6.45) is -2.38. The molecule has 0 aromatic carbocycles. The molecular weight excluding hydrogens is 213 g/mol. The highest BCUT2D eigenvalue weighted by Gasteiger charge is 2.41. The highest BCUT2D eigenvalue weighted by Crippen LogP contribution is 2.40. The van der Waals surface area contributed by atoms with E-state index in [4.69, 9.17) is 5.11 Å². The molecule has 0 saturated heterocycles. The van der Waals surface area contributed by atoms with Crippen molar-refractivity contribution in [2.24, 2.45) is 0 Å². The topological polar surface area (TPSA) is 55.1 Å². The molecule has 1 heterocycles. The van der Waals surface area contributed by atoms with E-state index in [1.54, 1.807) is 0 Å². The first-order valence-corrected chi connectivity index (χ1v) is 4.29. The van der Waals surface area contributed by atoms with Gasteiger partial charge in [0.15, 0.2) is 5.69 Å². The normalized spacial score (nSPS) is 16.7. The van der Waals surface area contributed by atoms with Crippen molar-refractivity contribution in [2.75, 3.05) is 0 Å². The van der Waals surface area contributed by atoms with E-state index < -0.39 is 23.7 Å². The molecule has 0 atom stereocenters. The lowest BCUT2D eigenvalue weighted by molar-refractivity contribution is -0.147. The fourth-order valence-corrected chi connectivity index (χ4v) is 1.34. The van der Waals surface area contributed by atoms with Gasteiger partial charge in [0.25, 0.3) is 0 Å². The van der Waals surface area contributed by atoms with Crippen molar-refractivity contribution in [3.63, 3.8) is 0 Å². The first-order chi connectivity index (χ1) is 6.89. The zero-order valence-electron chi connectivity index (χ0n) is 7.45. The predicted molar refractivity (Wildman–Crippen MR) is 42.5 cm³/mol. The van der Waals surface area contributed by atoms with E-state index in [9.17, 15) is 18.0 Å². The summed E-state index contributed by atoms with van der Waals surface area (Å²) in [5.74, 6) is -2.57. The second-order valence-electron chi connectivity index (χ2n) is 3.39. The maximum absolute atomic E-state index is 12.4. The number of imidazole rings is 1. The summed E-state index contributed by atoms with van der Waals surface area (Å²) in [5.41, 5.74) is -0.561. The number of nitrogens with zero attached hydrogens (tertiary/aromatic N) is 2. The number of halogens is 3. The third-order valence-electron chi connectivity index (χ3n) is 2.15. The van der Waals surface area contributed by atoms with Gasteiger partial charge in [-0.3, -0.25) is 0 Å². The monoisotopic (exact) mass is 220 g/mol. The highest BCUT2D eigenvalue weighted by molar-refractivity contribution is 5.85. The Morgan fingerprint density at radius 1 is 1.53 bits per heavy atom. The Kier molecular flexibility index (Phi) is 1.99. The molecule has 15 heavy (non-hydrogen) atoms. The molecule has 4 nitrogen and oxygen atoms in total. The SMILES string of the molecule is O=C(O)c1cn(C2CC2)c(C(F)(F)F)n1. The van der Waals surface area contributed by atoms with Crippen LogP contribution in [-0.2, 0) is 6.18 Å². The van der Waals surface area contributed by atoms with Crippen LogP contribution >= 0.6 is 0 Å². The second kappa shape index (κ2) is 2.98. The first-order valence-electron chi connectivity index (χ1n) is 4.29. The minimum Gasteiger partial charge on any atom is -0.476 e. The number of carboxylic acids is 1. The van der Waals surface area contributed by atoms with E-state index in [1.807, 2.05) is 0 Å². The van der Waals surface area contributed by atoms with Crippen molar-refractivity contribution in [1.29, 1.82) is 0 Å². The molecule has 82 valence electrons. The standard InChI is InChI=1S/C8H7F3N2O2/c9-8(10,11)7-12-5(6(14)15)3-13(7)4-1-2-4/h3-4H,1-2H2,(H,14,15). The Labute approximate surface area is 82.3 Å². The number of alkyl halides is 3. The lowest BCUT2D eigenvalue weighted by atomic mass is 10.5. The van der Waals surface area contributed by atoms with Gasteiger partial charge in [-0.05, 0) is 12.8 Å². The molecule has 0 radical (unpaired) electrons. The molecule has 0 amide bonds. The van der Waals surface area contributed by atoms with E-state index in [0.717, 1.165) is 10.8 Å². The van der Waals surface area contributed by atoms with E-state index in [2.05, 4.69) is 4.98 Å². The van der Waals surface area contributed by atoms with Crippen molar-refractivity contribution >= 4 is 5.97 Å². The average molecular weight is 220 g/mol. The Morgan fingerprint density at radius 3 is 2.53 bits per heavy atom. The molecule has 1 fully saturated rings. The molecule has 2 rings (SSSR count). The maximum Gasteiger partial charge on any atom is 0.449 e. The minimum absolute atomic E-state index is 0.248. The number of carboxylic acid groups (broad SMARTS) is 1. The van der Waals surface area contributed by atoms with Crippen molar-refractivity contribution in [3.05, 3.63) is 17.7 Å². The van der Waals surface area contributed by atoms with Crippen molar-refractivity contribution in [1.82, 2.24) is 9.55 Å². The van der Waals surface area contributed by atoms with Crippen LogP contribution in [0.1, 0.15) is 35.2 Å². The quantitative estimate of drug-likeness (QED) is 0.828. The first kappa shape index (κ1) is 10.0. The molecule has 0 spiro atoms. The summed E-state index contributed by atoms with van der Waals surface area (Å²) < 4.78 is 38.2. The predicted octanol–water partition coefficient (Wildman–Crippen LogP) is 1.94.